The highest BCUT2D eigenvalue weighted by molar-refractivity contribution is 5.71. The van der Waals surface area contributed by atoms with Crippen molar-refractivity contribution in [1.82, 2.24) is 14.7 Å². The van der Waals surface area contributed by atoms with E-state index in [9.17, 15) is 4.79 Å². The minimum atomic E-state index is -0.302. The normalized spacial score (nSPS) is 20.9. The number of nitrogens with zero attached hydrogens (tertiary/aromatic N) is 3. The van der Waals surface area contributed by atoms with Gasteiger partial charge in [0.25, 0.3) is 0 Å². The molecule has 0 aromatic rings. The van der Waals surface area contributed by atoms with Gasteiger partial charge < -0.3 is 20.1 Å². The van der Waals surface area contributed by atoms with Gasteiger partial charge in [-0.3, -0.25) is 9.80 Å². The summed E-state index contributed by atoms with van der Waals surface area (Å²) in [6, 6.07) is -0.302. The fraction of sp³-hybridized carbons (Fsp3) is 0.933. The third-order valence-corrected chi connectivity index (χ3v) is 4.32. The Morgan fingerprint density at radius 1 is 0.864 bits per heavy atom. The number of hydrogen-bond acceptors (Lipinski definition) is 5. The van der Waals surface area contributed by atoms with Gasteiger partial charge in [-0.05, 0) is 12.8 Å². The molecule has 0 aromatic carbocycles. The Kier molecular flexibility index (Phi) is 7.93. The van der Waals surface area contributed by atoms with Crippen LogP contribution in [0.2, 0.25) is 0 Å². The van der Waals surface area contributed by atoms with E-state index >= 15 is 0 Å². The van der Waals surface area contributed by atoms with Gasteiger partial charge in [-0.2, -0.15) is 0 Å². The lowest BCUT2D eigenvalue weighted by Crippen LogP contribution is -2.42. The van der Waals surface area contributed by atoms with E-state index < -0.39 is 0 Å². The van der Waals surface area contributed by atoms with Gasteiger partial charge in [0.2, 0.25) is 0 Å². The van der Waals surface area contributed by atoms with E-state index in [-0.39, 0.29) is 6.03 Å². The van der Waals surface area contributed by atoms with Crippen LogP contribution in [0.1, 0.15) is 12.8 Å². The minimum Gasteiger partial charge on any atom is -0.379 e. The zero-order valence-electron chi connectivity index (χ0n) is 13.5. The largest absolute Gasteiger partial charge is 0.379 e. The van der Waals surface area contributed by atoms with E-state index in [1.165, 1.54) is 0 Å². The number of primary amides is 1. The summed E-state index contributed by atoms with van der Waals surface area (Å²) < 4.78 is 10.7. The number of nitrogens with two attached hydrogens (primary N) is 1. The Morgan fingerprint density at radius 3 is 1.64 bits per heavy atom. The van der Waals surface area contributed by atoms with Crippen molar-refractivity contribution in [3.63, 3.8) is 0 Å². The van der Waals surface area contributed by atoms with Gasteiger partial charge >= 0.3 is 6.03 Å². The highest BCUT2D eigenvalue weighted by Gasteiger charge is 2.14. The SMILES string of the molecule is NC(=O)N(CCCN1CCOCC1)CCCN1CCOCC1. The number of carbonyl (C=O) groups excluding carboxylic acids is 1. The molecule has 2 amide bonds. The van der Waals surface area contributed by atoms with Crippen LogP contribution < -0.4 is 5.73 Å². The van der Waals surface area contributed by atoms with Crippen molar-refractivity contribution < 1.29 is 14.3 Å². The van der Waals surface area contributed by atoms with E-state index in [1.807, 2.05) is 0 Å². The molecule has 2 N–H and O–H groups in total. The maximum atomic E-state index is 11.5. The molecular formula is C15H30N4O3. The van der Waals surface area contributed by atoms with Gasteiger partial charge in [0.1, 0.15) is 0 Å². The molecule has 22 heavy (non-hydrogen) atoms. The Hall–Kier alpha value is -0.890. The first-order valence-electron chi connectivity index (χ1n) is 8.40. The summed E-state index contributed by atoms with van der Waals surface area (Å²) >= 11 is 0. The number of ether oxygens (including phenoxy) is 2. The van der Waals surface area contributed by atoms with E-state index in [0.29, 0.717) is 0 Å². The second-order valence-electron chi connectivity index (χ2n) is 5.94. The topological polar surface area (TPSA) is 71.3 Å². The van der Waals surface area contributed by atoms with Gasteiger partial charge in [0.05, 0.1) is 26.4 Å². The third kappa shape index (κ3) is 6.48. The molecule has 2 aliphatic heterocycles. The molecule has 0 atom stereocenters. The van der Waals surface area contributed by atoms with Gasteiger partial charge in [0, 0.05) is 52.4 Å². The highest BCUT2D eigenvalue weighted by atomic mass is 16.5. The predicted molar refractivity (Wildman–Crippen MR) is 84.9 cm³/mol. The summed E-state index contributed by atoms with van der Waals surface area (Å²) in [6.45, 7) is 10.8. The molecule has 0 saturated carbocycles. The van der Waals surface area contributed by atoms with Gasteiger partial charge in [0.15, 0.2) is 0 Å². The van der Waals surface area contributed by atoms with Crippen LogP contribution in [0.15, 0.2) is 0 Å². The number of hydrogen-bond donors (Lipinski definition) is 1. The molecule has 0 aliphatic carbocycles. The monoisotopic (exact) mass is 314 g/mol. The zero-order chi connectivity index (χ0) is 15.6. The van der Waals surface area contributed by atoms with Crippen LogP contribution in [-0.4, -0.2) is 99.5 Å². The number of urea groups is 1. The summed E-state index contributed by atoms with van der Waals surface area (Å²) in [5, 5.41) is 0. The number of amides is 2. The average Bonchev–Trinajstić information content (AvgIpc) is 2.55. The summed E-state index contributed by atoms with van der Waals surface area (Å²) in [7, 11) is 0. The molecule has 2 aliphatic rings. The molecule has 0 radical (unpaired) electrons. The minimum absolute atomic E-state index is 0.302. The van der Waals surface area contributed by atoms with E-state index in [4.69, 9.17) is 15.2 Å². The predicted octanol–water partition coefficient (Wildman–Crippen LogP) is -0.188. The molecule has 7 heteroatoms. The Balaban J connectivity index is 1.58. The summed E-state index contributed by atoms with van der Waals surface area (Å²) in [5.41, 5.74) is 5.49. The zero-order valence-corrected chi connectivity index (χ0v) is 13.5. The number of carbonyl (C=O) groups is 1. The smallest absolute Gasteiger partial charge is 0.314 e. The maximum Gasteiger partial charge on any atom is 0.314 e. The second kappa shape index (κ2) is 9.99. The summed E-state index contributed by atoms with van der Waals surface area (Å²) in [6.07, 6.45) is 1.95. The Labute approximate surface area is 133 Å². The maximum absolute atomic E-state index is 11.5. The molecule has 0 aromatic heterocycles. The molecule has 2 rings (SSSR count). The van der Waals surface area contributed by atoms with Crippen molar-refractivity contribution >= 4 is 6.03 Å². The lowest BCUT2D eigenvalue weighted by molar-refractivity contribution is 0.0349. The van der Waals surface area contributed by atoms with Crippen LogP contribution in [0.5, 0.6) is 0 Å². The number of morpholine rings is 2. The van der Waals surface area contributed by atoms with Gasteiger partial charge in [-0.25, -0.2) is 4.79 Å². The van der Waals surface area contributed by atoms with Crippen LogP contribution >= 0.6 is 0 Å². The van der Waals surface area contributed by atoms with Crippen molar-refractivity contribution in [3.05, 3.63) is 0 Å². The van der Waals surface area contributed by atoms with E-state index in [2.05, 4.69) is 9.80 Å². The highest BCUT2D eigenvalue weighted by Crippen LogP contribution is 2.02. The van der Waals surface area contributed by atoms with Crippen LogP contribution in [0.25, 0.3) is 0 Å². The third-order valence-electron chi connectivity index (χ3n) is 4.32. The fourth-order valence-electron chi connectivity index (χ4n) is 2.95. The Bertz CT molecular complexity index is 294. The first-order valence-corrected chi connectivity index (χ1v) is 8.40. The summed E-state index contributed by atoms with van der Waals surface area (Å²) in [5.74, 6) is 0. The quantitative estimate of drug-likeness (QED) is 0.672. The van der Waals surface area contributed by atoms with Gasteiger partial charge in [-0.1, -0.05) is 0 Å². The van der Waals surface area contributed by atoms with E-state index in [0.717, 1.165) is 91.6 Å². The lowest BCUT2D eigenvalue weighted by atomic mass is 10.3. The second-order valence-corrected chi connectivity index (χ2v) is 5.94. The molecule has 0 bridgehead atoms. The average molecular weight is 314 g/mol. The van der Waals surface area contributed by atoms with Crippen LogP contribution in [0, 0.1) is 0 Å². The van der Waals surface area contributed by atoms with Crippen LogP contribution in [-0.2, 0) is 9.47 Å². The van der Waals surface area contributed by atoms with Crippen molar-refractivity contribution in [3.8, 4) is 0 Å². The van der Waals surface area contributed by atoms with E-state index in [1.54, 1.807) is 4.90 Å². The van der Waals surface area contributed by atoms with Crippen molar-refractivity contribution in [2.24, 2.45) is 5.73 Å². The molecule has 128 valence electrons. The van der Waals surface area contributed by atoms with Crippen molar-refractivity contribution in [1.29, 1.82) is 0 Å². The molecule has 7 nitrogen and oxygen atoms in total. The van der Waals surface area contributed by atoms with Gasteiger partial charge in [-0.15, -0.1) is 0 Å². The van der Waals surface area contributed by atoms with Crippen molar-refractivity contribution in [2.45, 2.75) is 12.8 Å². The summed E-state index contributed by atoms with van der Waals surface area (Å²) in [4.78, 5) is 18.1. The first kappa shape index (κ1) is 17.5. The molecule has 0 unspecified atom stereocenters. The molecule has 0 spiro atoms. The van der Waals surface area contributed by atoms with Crippen molar-refractivity contribution in [2.75, 3.05) is 78.8 Å². The standard InChI is InChI=1S/C15H30N4O3/c16-15(20)19(5-1-3-17-7-11-21-12-8-17)6-2-4-18-9-13-22-14-10-18/h1-14H2,(H2,16,20). The Morgan fingerprint density at radius 2 is 1.27 bits per heavy atom. The molecule has 2 fully saturated rings. The molecular weight excluding hydrogens is 284 g/mol. The number of rotatable bonds is 8. The lowest BCUT2D eigenvalue weighted by Gasteiger charge is -2.29. The van der Waals surface area contributed by atoms with Crippen LogP contribution in [0.3, 0.4) is 0 Å². The molecule has 2 heterocycles. The first-order chi connectivity index (χ1) is 10.8. The molecule has 2 saturated heterocycles. The fourth-order valence-corrected chi connectivity index (χ4v) is 2.95. The van der Waals surface area contributed by atoms with Crippen LogP contribution in [0.4, 0.5) is 4.79 Å².